The molecule has 1 heterocycles. The minimum absolute atomic E-state index is 0.234. The van der Waals surface area contributed by atoms with E-state index < -0.39 is 0 Å². The summed E-state index contributed by atoms with van der Waals surface area (Å²) in [6.45, 7) is 6.01. The first-order valence-electron chi connectivity index (χ1n) is 6.10. The molecular weight excluding hydrogens is 229 g/mol. The lowest BCUT2D eigenvalue weighted by Crippen LogP contribution is -2.11. The third-order valence-corrected chi connectivity index (χ3v) is 2.93. The number of benzene rings is 1. The van der Waals surface area contributed by atoms with Crippen LogP contribution in [0.25, 0.3) is 5.69 Å². The van der Waals surface area contributed by atoms with Crippen LogP contribution >= 0.6 is 0 Å². The summed E-state index contributed by atoms with van der Waals surface area (Å²) in [5, 5.41) is 4.49. The number of rotatable bonds is 3. The molecule has 2 N–H and O–H groups in total. The van der Waals surface area contributed by atoms with E-state index in [1.54, 1.807) is 10.7 Å². The minimum atomic E-state index is -0.276. The van der Waals surface area contributed by atoms with E-state index in [0.29, 0.717) is 5.92 Å². The summed E-state index contributed by atoms with van der Waals surface area (Å²) < 4.78 is 15.0. The Morgan fingerprint density at radius 3 is 2.50 bits per heavy atom. The molecule has 1 aromatic heterocycles. The van der Waals surface area contributed by atoms with Gasteiger partial charge in [-0.25, -0.2) is 9.07 Å². The molecule has 0 saturated heterocycles. The molecule has 2 aromatic rings. The second-order valence-corrected chi connectivity index (χ2v) is 4.83. The van der Waals surface area contributed by atoms with Crippen molar-refractivity contribution in [3.8, 4) is 5.69 Å². The number of halogens is 1. The second kappa shape index (κ2) is 4.90. The summed E-state index contributed by atoms with van der Waals surface area (Å²) >= 11 is 0. The van der Waals surface area contributed by atoms with Gasteiger partial charge in [-0.1, -0.05) is 13.8 Å². The van der Waals surface area contributed by atoms with E-state index in [4.69, 9.17) is 5.73 Å². The Balaban J connectivity index is 2.49. The van der Waals surface area contributed by atoms with Crippen molar-refractivity contribution < 1.29 is 4.39 Å². The molecule has 0 fully saturated rings. The highest BCUT2D eigenvalue weighted by atomic mass is 19.1. The van der Waals surface area contributed by atoms with Crippen LogP contribution in [0.3, 0.4) is 0 Å². The van der Waals surface area contributed by atoms with E-state index >= 15 is 0 Å². The zero-order chi connectivity index (χ0) is 13.3. The highest BCUT2D eigenvalue weighted by Gasteiger charge is 2.12. The molecule has 0 bridgehead atoms. The van der Waals surface area contributed by atoms with Gasteiger partial charge < -0.3 is 5.73 Å². The predicted octanol–water partition coefficient (Wildman–Crippen LogP) is 3.15. The largest absolute Gasteiger partial charge is 0.324 e. The Bertz CT molecular complexity index is 544. The molecule has 0 radical (unpaired) electrons. The Morgan fingerprint density at radius 2 is 1.94 bits per heavy atom. The van der Waals surface area contributed by atoms with Crippen molar-refractivity contribution in [2.45, 2.75) is 32.7 Å². The third-order valence-electron chi connectivity index (χ3n) is 2.93. The Labute approximate surface area is 106 Å². The SMILES string of the molecule is CC(C)c1ccn(-c2ccc(F)cc2[C@@H](C)N)n1. The second-order valence-electron chi connectivity index (χ2n) is 4.83. The predicted molar refractivity (Wildman–Crippen MR) is 70.2 cm³/mol. The van der Waals surface area contributed by atoms with Gasteiger partial charge in [0.1, 0.15) is 5.82 Å². The van der Waals surface area contributed by atoms with Crippen LogP contribution in [0.1, 0.15) is 44.0 Å². The first kappa shape index (κ1) is 12.8. The maximum atomic E-state index is 13.3. The van der Waals surface area contributed by atoms with Crippen LogP contribution in [0.4, 0.5) is 4.39 Å². The molecule has 1 atom stereocenters. The van der Waals surface area contributed by atoms with Crippen LogP contribution in [-0.2, 0) is 0 Å². The maximum absolute atomic E-state index is 13.3. The van der Waals surface area contributed by atoms with Crippen LogP contribution in [-0.4, -0.2) is 9.78 Å². The topological polar surface area (TPSA) is 43.8 Å². The van der Waals surface area contributed by atoms with Crippen molar-refractivity contribution in [1.82, 2.24) is 9.78 Å². The molecule has 0 aliphatic carbocycles. The first-order chi connectivity index (χ1) is 8.49. The average Bonchev–Trinajstić information content (AvgIpc) is 2.78. The molecule has 1 aromatic carbocycles. The van der Waals surface area contributed by atoms with Crippen LogP contribution in [0.5, 0.6) is 0 Å². The number of aromatic nitrogens is 2. The fourth-order valence-corrected chi connectivity index (χ4v) is 1.88. The first-order valence-corrected chi connectivity index (χ1v) is 6.10. The van der Waals surface area contributed by atoms with E-state index in [-0.39, 0.29) is 11.9 Å². The smallest absolute Gasteiger partial charge is 0.123 e. The van der Waals surface area contributed by atoms with Gasteiger partial charge >= 0.3 is 0 Å². The molecule has 0 aliphatic heterocycles. The lowest BCUT2D eigenvalue weighted by molar-refractivity contribution is 0.620. The highest BCUT2D eigenvalue weighted by molar-refractivity contribution is 5.42. The van der Waals surface area contributed by atoms with Crippen molar-refractivity contribution in [2.24, 2.45) is 5.73 Å². The maximum Gasteiger partial charge on any atom is 0.123 e. The van der Waals surface area contributed by atoms with Crippen molar-refractivity contribution >= 4 is 0 Å². The van der Waals surface area contributed by atoms with Crippen LogP contribution in [0.2, 0.25) is 0 Å². The van der Waals surface area contributed by atoms with Gasteiger partial charge in [-0.15, -0.1) is 0 Å². The van der Waals surface area contributed by atoms with Crippen LogP contribution in [0.15, 0.2) is 30.5 Å². The summed E-state index contributed by atoms with van der Waals surface area (Å²) in [6, 6.07) is 6.35. The number of hydrogen-bond acceptors (Lipinski definition) is 2. The third kappa shape index (κ3) is 2.43. The quantitative estimate of drug-likeness (QED) is 0.905. The number of nitrogens with zero attached hydrogens (tertiary/aromatic N) is 2. The van der Waals surface area contributed by atoms with E-state index in [0.717, 1.165) is 16.9 Å². The van der Waals surface area contributed by atoms with Gasteiger partial charge in [-0.2, -0.15) is 5.10 Å². The van der Waals surface area contributed by atoms with Crippen LogP contribution in [0, 0.1) is 5.82 Å². The average molecular weight is 247 g/mol. The molecule has 0 spiro atoms. The summed E-state index contributed by atoms with van der Waals surface area (Å²) in [5.41, 5.74) is 8.48. The number of hydrogen-bond donors (Lipinski definition) is 1. The number of nitrogens with two attached hydrogens (primary N) is 1. The Kier molecular flexibility index (Phi) is 3.48. The lowest BCUT2D eigenvalue weighted by Gasteiger charge is -2.13. The monoisotopic (exact) mass is 247 g/mol. The molecule has 0 unspecified atom stereocenters. The summed E-state index contributed by atoms with van der Waals surface area (Å²) in [6.07, 6.45) is 1.88. The van der Waals surface area contributed by atoms with Gasteiger partial charge in [0.25, 0.3) is 0 Å². The fraction of sp³-hybridized carbons (Fsp3) is 0.357. The lowest BCUT2D eigenvalue weighted by atomic mass is 10.1. The standard InChI is InChI=1S/C14H18FN3/c1-9(2)13-6-7-18(17-13)14-5-4-11(15)8-12(14)10(3)16/h4-10H,16H2,1-3H3/t10-/m1/s1. The van der Waals surface area contributed by atoms with E-state index in [9.17, 15) is 4.39 Å². The van der Waals surface area contributed by atoms with Gasteiger partial charge in [0.15, 0.2) is 0 Å². The Hall–Kier alpha value is -1.68. The van der Waals surface area contributed by atoms with Crippen molar-refractivity contribution in [2.75, 3.05) is 0 Å². The van der Waals surface area contributed by atoms with Gasteiger partial charge in [-0.3, -0.25) is 0 Å². The van der Waals surface area contributed by atoms with Gasteiger partial charge in [0.05, 0.1) is 11.4 Å². The van der Waals surface area contributed by atoms with E-state index in [2.05, 4.69) is 18.9 Å². The van der Waals surface area contributed by atoms with Crippen molar-refractivity contribution in [3.63, 3.8) is 0 Å². The summed E-state index contributed by atoms with van der Waals surface area (Å²) in [5.74, 6) is 0.0905. The molecule has 4 heteroatoms. The molecule has 18 heavy (non-hydrogen) atoms. The Morgan fingerprint density at radius 1 is 1.22 bits per heavy atom. The molecule has 0 saturated carbocycles. The highest BCUT2D eigenvalue weighted by Crippen LogP contribution is 2.22. The summed E-state index contributed by atoms with van der Waals surface area (Å²) in [4.78, 5) is 0. The molecule has 2 rings (SSSR count). The van der Waals surface area contributed by atoms with Crippen LogP contribution < -0.4 is 5.73 Å². The molecule has 0 aliphatic rings. The molecule has 96 valence electrons. The normalized spacial score (nSPS) is 13.0. The molecule has 3 nitrogen and oxygen atoms in total. The van der Waals surface area contributed by atoms with Gasteiger partial charge in [0.2, 0.25) is 0 Å². The fourth-order valence-electron chi connectivity index (χ4n) is 1.88. The zero-order valence-electron chi connectivity index (χ0n) is 10.9. The molecule has 0 amide bonds. The van der Waals surface area contributed by atoms with E-state index in [1.165, 1.54) is 12.1 Å². The van der Waals surface area contributed by atoms with Gasteiger partial charge in [-0.05, 0) is 42.7 Å². The summed E-state index contributed by atoms with van der Waals surface area (Å²) in [7, 11) is 0. The minimum Gasteiger partial charge on any atom is -0.324 e. The van der Waals surface area contributed by atoms with Crippen molar-refractivity contribution in [1.29, 1.82) is 0 Å². The zero-order valence-corrected chi connectivity index (χ0v) is 10.9. The van der Waals surface area contributed by atoms with Gasteiger partial charge in [0, 0.05) is 12.2 Å². The van der Waals surface area contributed by atoms with Crippen molar-refractivity contribution in [3.05, 3.63) is 47.5 Å². The van der Waals surface area contributed by atoms with E-state index in [1.807, 2.05) is 19.2 Å². The molecular formula is C14H18FN3.